The second-order valence-electron chi connectivity index (χ2n) is 4.47. The molecule has 1 N–H and O–H groups in total. The summed E-state index contributed by atoms with van der Waals surface area (Å²) in [5.74, 6) is 0. The van der Waals surface area contributed by atoms with Crippen molar-refractivity contribution in [2.45, 2.75) is 18.6 Å². The molecular weight excluding hydrogens is 247 g/mol. The van der Waals surface area contributed by atoms with Gasteiger partial charge in [0.15, 0.2) is 0 Å². The van der Waals surface area contributed by atoms with E-state index >= 15 is 0 Å². The van der Waals surface area contributed by atoms with E-state index in [2.05, 4.69) is 0 Å². The fraction of sp³-hybridized carbons (Fsp3) is 1.00. The number of aliphatic hydroxyl groups excluding tert-OH is 1. The molecule has 1 fully saturated rings. The van der Waals surface area contributed by atoms with Crippen molar-refractivity contribution in [1.29, 1.82) is 0 Å². The SMILES string of the molecule is CN(C)CC1CC(O)CN1C[B-](F)(F)F.[K+]. The normalized spacial score (nSPS) is 27.2. The van der Waals surface area contributed by atoms with Gasteiger partial charge < -0.3 is 27.9 Å². The first-order chi connectivity index (χ1) is 6.78. The van der Waals surface area contributed by atoms with Gasteiger partial charge in [-0.3, -0.25) is 0 Å². The van der Waals surface area contributed by atoms with Crippen LogP contribution in [0.3, 0.4) is 0 Å². The molecule has 1 saturated heterocycles. The van der Waals surface area contributed by atoms with Crippen molar-refractivity contribution < 1.29 is 69.4 Å². The average molecular weight is 264 g/mol. The van der Waals surface area contributed by atoms with E-state index < -0.39 is 19.5 Å². The van der Waals surface area contributed by atoms with Crippen LogP contribution in [0.5, 0.6) is 0 Å². The van der Waals surface area contributed by atoms with Crippen molar-refractivity contribution in [2.24, 2.45) is 0 Å². The van der Waals surface area contributed by atoms with Crippen LogP contribution in [0.1, 0.15) is 6.42 Å². The van der Waals surface area contributed by atoms with Gasteiger partial charge in [0.1, 0.15) is 0 Å². The fourth-order valence-corrected chi connectivity index (χ4v) is 2.06. The molecule has 0 saturated carbocycles. The number of rotatable bonds is 4. The quantitative estimate of drug-likeness (QED) is 0.563. The van der Waals surface area contributed by atoms with Crippen molar-refractivity contribution >= 4 is 6.98 Å². The van der Waals surface area contributed by atoms with Gasteiger partial charge in [0.25, 0.3) is 0 Å². The van der Waals surface area contributed by atoms with Crippen LogP contribution in [0.15, 0.2) is 0 Å². The molecule has 0 spiro atoms. The maximum absolute atomic E-state index is 12.3. The van der Waals surface area contributed by atoms with Crippen LogP contribution in [-0.2, 0) is 0 Å². The Morgan fingerprint density at radius 1 is 1.38 bits per heavy atom. The van der Waals surface area contributed by atoms with Crippen molar-refractivity contribution in [3.63, 3.8) is 0 Å². The monoisotopic (exact) mass is 264 g/mol. The van der Waals surface area contributed by atoms with Crippen LogP contribution in [0, 0.1) is 0 Å². The summed E-state index contributed by atoms with van der Waals surface area (Å²) in [6.07, 6.45) is -1.05. The van der Waals surface area contributed by atoms with Gasteiger partial charge in [-0.1, -0.05) is 0 Å². The Hall–Kier alpha value is 1.37. The minimum Gasteiger partial charge on any atom is -0.448 e. The van der Waals surface area contributed by atoms with Crippen LogP contribution < -0.4 is 51.4 Å². The number of aliphatic hydroxyl groups is 1. The van der Waals surface area contributed by atoms with Gasteiger partial charge in [-0.25, -0.2) is 0 Å². The van der Waals surface area contributed by atoms with Gasteiger partial charge in [-0.05, 0) is 27.0 Å². The molecule has 0 amide bonds. The van der Waals surface area contributed by atoms with Gasteiger partial charge in [-0.2, -0.15) is 0 Å². The summed E-state index contributed by atoms with van der Waals surface area (Å²) in [6, 6.07) is -0.182. The van der Waals surface area contributed by atoms with Gasteiger partial charge in [0, 0.05) is 19.1 Å². The summed E-state index contributed by atoms with van der Waals surface area (Å²) in [5.41, 5.74) is 0. The molecule has 1 heterocycles. The Bertz CT molecular complexity index is 218. The predicted molar refractivity (Wildman–Crippen MR) is 53.6 cm³/mol. The molecular formula is C8H17BF3KN2O. The zero-order valence-electron chi connectivity index (χ0n) is 10.0. The second-order valence-corrected chi connectivity index (χ2v) is 4.47. The van der Waals surface area contributed by atoms with Crippen molar-refractivity contribution in [1.82, 2.24) is 9.80 Å². The third-order valence-corrected chi connectivity index (χ3v) is 2.52. The molecule has 1 aliphatic heterocycles. The molecule has 2 unspecified atom stereocenters. The van der Waals surface area contributed by atoms with Gasteiger partial charge in [0.05, 0.1) is 6.10 Å². The molecule has 0 aliphatic carbocycles. The summed E-state index contributed by atoms with van der Waals surface area (Å²) < 4.78 is 36.8. The van der Waals surface area contributed by atoms with E-state index in [1.807, 2.05) is 19.0 Å². The Morgan fingerprint density at radius 3 is 2.38 bits per heavy atom. The van der Waals surface area contributed by atoms with Crippen molar-refractivity contribution in [3.8, 4) is 0 Å². The van der Waals surface area contributed by atoms with E-state index in [1.54, 1.807) is 0 Å². The molecule has 8 heteroatoms. The van der Waals surface area contributed by atoms with Crippen molar-refractivity contribution in [2.75, 3.05) is 33.6 Å². The molecule has 3 nitrogen and oxygen atoms in total. The van der Waals surface area contributed by atoms with E-state index in [9.17, 15) is 18.1 Å². The topological polar surface area (TPSA) is 26.7 Å². The maximum Gasteiger partial charge on any atom is 1.00 e. The van der Waals surface area contributed by atoms with Crippen LogP contribution in [0.25, 0.3) is 0 Å². The number of hydrogen-bond acceptors (Lipinski definition) is 3. The first kappa shape index (κ1) is 17.4. The number of likely N-dealkylation sites (N-methyl/N-ethyl adjacent to an activating group) is 1. The van der Waals surface area contributed by atoms with Crippen LogP contribution >= 0.6 is 0 Å². The number of likely N-dealkylation sites (tertiary alicyclic amines) is 1. The summed E-state index contributed by atoms with van der Waals surface area (Å²) in [4.78, 5) is 3.18. The number of hydrogen-bond donors (Lipinski definition) is 1. The third kappa shape index (κ3) is 6.34. The van der Waals surface area contributed by atoms with Crippen LogP contribution in [0.4, 0.5) is 12.9 Å². The molecule has 0 radical (unpaired) electrons. The van der Waals surface area contributed by atoms with E-state index in [1.165, 1.54) is 4.90 Å². The molecule has 1 aliphatic rings. The molecule has 0 aromatic rings. The average Bonchev–Trinajstić information content (AvgIpc) is 2.25. The molecule has 0 bridgehead atoms. The Kier molecular flexibility index (Phi) is 7.69. The number of β-amino-alcohol motifs (C(OH)–C–C–N with tert-alkyl or cyclic N) is 1. The fourth-order valence-electron chi connectivity index (χ4n) is 2.06. The summed E-state index contributed by atoms with van der Waals surface area (Å²) in [6.45, 7) is -4.10. The molecule has 90 valence electrons. The van der Waals surface area contributed by atoms with E-state index in [0.29, 0.717) is 13.0 Å². The van der Waals surface area contributed by atoms with Gasteiger partial charge >= 0.3 is 58.4 Å². The Morgan fingerprint density at radius 2 is 1.94 bits per heavy atom. The summed E-state index contributed by atoms with van der Waals surface area (Å²) in [5, 5.41) is 9.36. The molecule has 1 rings (SSSR count). The summed E-state index contributed by atoms with van der Waals surface area (Å²) >= 11 is 0. The molecule has 16 heavy (non-hydrogen) atoms. The summed E-state index contributed by atoms with van der Waals surface area (Å²) in [7, 11) is 3.64. The molecule has 2 atom stereocenters. The maximum atomic E-state index is 12.3. The zero-order chi connectivity index (χ0) is 11.6. The largest absolute Gasteiger partial charge is 1.00 e. The molecule has 0 aromatic carbocycles. The number of nitrogens with zero attached hydrogens (tertiary/aromatic N) is 2. The van der Waals surface area contributed by atoms with E-state index in [-0.39, 0.29) is 64.0 Å². The standard InChI is InChI=1S/C8H17BF3N2O.K/c1-13(2)4-7-3-8(15)5-14(7)6-9(10,11)12;/h7-8,15H,3-6H2,1-2H3;/q-1;+1. The van der Waals surface area contributed by atoms with Crippen LogP contribution in [0.2, 0.25) is 0 Å². The first-order valence-corrected chi connectivity index (χ1v) is 5.06. The first-order valence-electron chi connectivity index (χ1n) is 5.06. The Balaban J connectivity index is 0.00000225. The van der Waals surface area contributed by atoms with Crippen molar-refractivity contribution in [3.05, 3.63) is 0 Å². The number of halogens is 3. The predicted octanol–water partition coefficient (Wildman–Crippen LogP) is -2.63. The van der Waals surface area contributed by atoms with Gasteiger partial charge in [-0.15, -0.1) is 0 Å². The van der Waals surface area contributed by atoms with E-state index in [4.69, 9.17) is 0 Å². The minimum absolute atomic E-state index is 0. The minimum atomic E-state index is -4.80. The second kappa shape index (κ2) is 7.08. The zero-order valence-corrected chi connectivity index (χ0v) is 13.2. The molecule has 0 aromatic heterocycles. The Labute approximate surface area is 137 Å². The van der Waals surface area contributed by atoms with Gasteiger partial charge in [0.2, 0.25) is 0 Å². The smallest absolute Gasteiger partial charge is 0.448 e. The van der Waals surface area contributed by atoms with Crippen LogP contribution in [-0.4, -0.2) is 67.7 Å². The third-order valence-electron chi connectivity index (χ3n) is 2.52. The van der Waals surface area contributed by atoms with E-state index in [0.717, 1.165) is 0 Å².